The normalized spacial score (nSPS) is 10.8. The van der Waals surface area contributed by atoms with Crippen LogP contribution in [0.15, 0.2) is 11.8 Å². The van der Waals surface area contributed by atoms with Crippen LogP contribution >= 0.6 is 0 Å². The van der Waals surface area contributed by atoms with Crippen molar-refractivity contribution in [1.82, 2.24) is 5.32 Å². The van der Waals surface area contributed by atoms with Gasteiger partial charge in [-0.05, 0) is 6.92 Å². The highest BCUT2D eigenvalue weighted by atomic mass is 16.4. The minimum atomic E-state index is -1.03. The van der Waals surface area contributed by atoms with E-state index in [2.05, 4.69) is 5.32 Å². The Bertz CT molecular complexity index is 183. The molecule has 0 aromatic rings. The molecule has 56 valence electrons. The highest BCUT2D eigenvalue weighted by Gasteiger charge is 1.97. The minimum absolute atomic E-state index is 0.107. The van der Waals surface area contributed by atoms with Gasteiger partial charge in [0.05, 0.1) is 0 Å². The molecule has 0 fully saturated rings. The summed E-state index contributed by atoms with van der Waals surface area (Å²) >= 11 is 0. The fourth-order valence-electron chi connectivity index (χ4n) is 0.272. The molecule has 0 spiro atoms. The van der Waals surface area contributed by atoms with E-state index in [1.54, 1.807) is 0 Å². The van der Waals surface area contributed by atoms with E-state index in [-0.39, 0.29) is 11.5 Å². The first-order valence-electron chi connectivity index (χ1n) is 2.71. The second-order valence-electron chi connectivity index (χ2n) is 1.83. The number of hydrogen-bond donors (Lipinski definition) is 2. The van der Waals surface area contributed by atoms with Crippen LogP contribution in [0.2, 0.25) is 0 Å². The Kier molecular flexibility index (Phi) is 3.17. The lowest BCUT2D eigenvalue weighted by atomic mass is 10.3. The zero-order valence-electron chi connectivity index (χ0n) is 5.84. The highest BCUT2D eigenvalue weighted by molar-refractivity contribution is 5.86. The highest BCUT2D eigenvalue weighted by Crippen LogP contribution is 1.87. The van der Waals surface area contributed by atoms with Gasteiger partial charge in [-0.2, -0.15) is 0 Å². The fourth-order valence-corrected chi connectivity index (χ4v) is 0.272. The first kappa shape index (κ1) is 8.68. The van der Waals surface area contributed by atoms with Gasteiger partial charge in [-0.25, -0.2) is 4.79 Å². The van der Waals surface area contributed by atoms with Gasteiger partial charge in [0.15, 0.2) is 0 Å². The van der Waals surface area contributed by atoms with E-state index in [0.29, 0.717) is 0 Å². The molecule has 10 heavy (non-hydrogen) atoms. The first-order valence-corrected chi connectivity index (χ1v) is 2.71. The summed E-state index contributed by atoms with van der Waals surface area (Å²) in [5.41, 5.74) is 0.107. The molecule has 1 amide bonds. The monoisotopic (exact) mass is 143 g/mol. The lowest BCUT2D eigenvalue weighted by Gasteiger charge is -1.93. The Hall–Kier alpha value is -1.32. The van der Waals surface area contributed by atoms with Crippen LogP contribution in [0, 0.1) is 0 Å². The van der Waals surface area contributed by atoms with Crippen LogP contribution in [-0.4, -0.2) is 17.0 Å². The topological polar surface area (TPSA) is 66.4 Å². The van der Waals surface area contributed by atoms with E-state index in [1.807, 2.05) is 0 Å². The molecule has 4 heteroatoms. The third kappa shape index (κ3) is 3.65. The zero-order chi connectivity index (χ0) is 8.15. The van der Waals surface area contributed by atoms with Crippen molar-refractivity contribution in [3.05, 3.63) is 11.8 Å². The maximum atomic E-state index is 10.2. The molecule has 0 aliphatic heterocycles. The van der Waals surface area contributed by atoms with Crippen molar-refractivity contribution >= 4 is 11.9 Å². The molecule has 0 aliphatic carbocycles. The Balaban J connectivity index is 3.92. The largest absolute Gasteiger partial charge is 0.478 e. The Morgan fingerprint density at radius 2 is 1.90 bits per heavy atom. The van der Waals surface area contributed by atoms with Crippen LogP contribution in [0.3, 0.4) is 0 Å². The predicted molar refractivity (Wildman–Crippen MR) is 35.2 cm³/mol. The van der Waals surface area contributed by atoms with Gasteiger partial charge in [0.2, 0.25) is 5.91 Å². The summed E-state index contributed by atoms with van der Waals surface area (Å²) in [7, 11) is 0. The van der Waals surface area contributed by atoms with Crippen LogP contribution in [0.5, 0.6) is 0 Å². The van der Waals surface area contributed by atoms with Crippen molar-refractivity contribution in [2.24, 2.45) is 0 Å². The SMILES string of the molecule is CC(=O)NC=C(C)C(=O)O. The second kappa shape index (κ2) is 3.66. The van der Waals surface area contributed by atoms with Crippen molar-refractivity contribution < 1.29 is 14.7 Å². The standard InChI is InChI=1S/C6H9NO3/c1-4(6(9)10)3-7-5(2)8/h3H,1-2H3,(H,7,8)(H,9,10). The molecule has 4 nitrogen and oxygen atoms in total. The zero-order valence-corrected chi connectivity index (χ0v) is 5.84. The van der Waals surface area contributed by atoms with Gasteiger partial charge >= 0.3 is 5.97 Å². The number of carbonyl (C=O) groups is 2. The Morgan fingerprint density at radius 3 is 2.20 bits per heavy atom. The number of nitrogens with one attached hydrogen (secondary N) is 1. The van der Waals surface area contributed by atoms with Crippen molar-refractivity contribution in [1.29, 1.82) is 0 Å². The van der Waals surface area contributed by atoms with Gasteiger partial charge in [-0.15, -0.1) is 0 Å². The summed E-state index contributed by atoms with van der Waals surface area (Å²) in [6.45, 7) is 2.71. The van der Waals surface area contributed by atoms with Crippen molar-refractivity contribution in [2.75, 3.05) is 0 Å². The number of rotatable bonds is 2. The quantitative estimate of drug-likeness (QED) is 0.539. The first-order chi connectivity index (χ1) is 4.54. The Labute approximate surface area is 58.5 Å². The fraction of sp³-hybridized carbons (Fsp3) is 0.333. The molecule has 0 aliphatic rings. The second-order valence-corrected chi connectivity index (χ2v) is 1.83. The van der Waals surface area contributed by atoms with E-state index in [1.165, 1.54) is 13.8 Å². The van der Waals surface area contributed by atoms with Crippen LogP contribution in [0.25, 0.3) is 0 Å². The van der Waals surface area contributed by atoms with Crippen LogP contribution < -0.4 is 5.32 Å². The minimum Gasteiger partial charge on any atom is -0.478 e. The van der Waals surface area contributed by atoms with Gasteiger partial charge in [0.25, 0.3) is 0 Å². The molecular weight excluding hydrogens is 134 g/mol. The summed E-state index contributed by atoms with van der Waals surface area (Å²) in [6, 6.07) is 0. The molecular formula is C6H9NO3. The molecule has 0 radical (unpaired) electrons. The van der Waals surface area contributed by atoms with Gasteiger partial charge in [-0.3, -0.25) is 4.79 Å². The van der Waals surface area contributed by atoms with Crippen molar-refractivity contribution in [2.45, 2.75) is 13.8 Å². The van der Waals surface area contributed by atoms with Gasteiger partial charge in [0.1, 0.15) is 0 Å². The molecule has 0 bridgehead atoms. The smallest absolute Gasteiger partial charge is 0.332 e. The van der Waals surface area contributed by atoms with E-state index >= 15 is 0 Å². The van der Waals surface area contributed by atoms with Gasteiger partial charge in [0, 0.05) is 18.7 Å². The van der Waals surface area contributed by atoms with E-state index < -0.39 is 5.97 Å². The van der Waals surface area contributed by atoms with Crippen LogP contribution in [-0.2, 0) is 9.59 Å². The molecule has 0 heterocycles. The molecule has 0 saturated carbocycles. The average molecular weight is 143 g/mol. The average Bonchev–Trinajstić information content (AvgIpc) is 1.82. The maximum absolute atomic E-state index is 10.2. The molecule has 0 aromatic heterocycles. The van der Waals surface area contributed by atoms with E-state index in [9.17, 15) is 9.59 Å². The number of carboxylic acid groups (broad SMARTS) is 1. The Morgan fingerprint density at radius 1 is 1.40 bits per heavy atom. The lowest BCUT2D eigenvalue weighted by Crippen LogP contribution is -2.14. The summed E-state index contributed by atoms with van der Waals surface area (Å²) in [5, 5.41) is 10.5. The van der Waals surface area contributed by atoms with Crippen LogP contribution in [0.1, 0.15) is 13.8 Å². The summed E-state index contributed by atoms with van der Waals surface area (Å²) in [4.78, 5) is 20.3. The number of carboxylic acids is 1. The number of carbonyl (C=O) groups excluding carboxylic acids is 1. The molecule has 0 saturated heterocycles. The van der Waals surface area contributed by atoms with E-state index in [0.717, 1.165) is 6.20 Å². The molecule has 0 unspecified atom stereocenters. The van der Waals surface area contributed by atoms with Gasteiger partial charge in [-0.1, -0.05) is 0 Å². The third-order valence-electron chi connectivity index (χ3n) is 0.829. The number of aliphatic carboxylic acids is 1. The van der Waals surface area contributed by atoms with Gasteiger partial charge < -0.3 is 10.4 Å². The summed E-state index contributed by atoms with van der Waals surface area (Å²) in [6.07, 6.45) is 1.16. The number of amides is 1. The lowest BCUT2D eigenvalue weighted by molar-refractivity contribution is -0.132. The van der Waals surface area contributed by atoms with Crippen molar-refractivity contribution in [3.63, 3.8) is 0 Å². The summed E-state index contributed by atoms with van der Waals surface area (Å²) < 4.78 is 0. The third-order valence-corrected chi connectivity index (χ3v) is 0.829. The van der Waals surface area contributed by atoms with Crippen molar-refractivity contribution in [3.8, 4) is 0 Å². The number of hydrogen-bond acceptors (Lipinski definition) is 2. The van der Waals surface area contributed by atoms with Crippen LogP contribution in [0.4, 0.5) is 0 Å². The molecule has 0 rings (SSSR count). The van der Waals surface area contributed by atoms with E-state index in [4.69, 9.17) is 5.11 Å². The molecule has 2 N–H and O–H groups in total. The predicted octanol–water partition coefficient (Wildman–Crippen LogP) is 0.111. The summed E-state index contributed by atoms with van der Waals surface area (Å²) in [5.74, 6) is -1.31. The maximum Gasteiger partial charge on any atom is 0.332 e. The molecule has 0 atom stereocenters. The molecule has 0 aromatic carbocycles.